The number of H-pyrrole nitrogens is 1. The van der Waals surface area contributed by atoms with Crippen molar-refractivity contribution in [2.24, 2.45) is 0 Å². The highest BCUT2D eigenvalue weighted by atomic mass is 79.9. The molecule has 3 aromatic rings. The summed E-state index contributed by atoms with van der Waals surface area (Å²) in [4.78, 5) is 24.0. The molecule has 4 nitrogen and oxygen atoms in total. The van der Waals surface area contributed by atoms with Crippen molar-refractivity contribution in [2.45, 2.75) is 20.3 Å². The van der Waals surface area contributed by atoms with Gasteiger partial charge >= 0.3 is 0 Å². The van der Waals surface area contributed by atoms with Gasteiger partial charge < -0.3 is 4.98 Å². The van der Waals surface area contributed by atoms with Crippen molar-refractivity contribution >= 4 is 26.8 Å². The number of hydrogen-bond acceptors (Lipinski definition) is 3. The van der Waals surface area contributed by atoms with E-state index < -0.39 is 0 Å². The Balaban J connectivity index is 2.35. The Kier molecular flexibility index (Phi) is 3.59. The molecular formula is C16H14BrN3O. The largest absolute Gasteiger partial charge is 0.306 e. The van der Waals surface area contributed by atoms with Gasteiger partial charge in [-0.15, -0.1) is 0 Å². The number of para-hydroxylation sites is 1. The van der Waals surface area contributed by atoms with Crippen LogP contribution in [0.3, 0.4) is 0 Å². The molecule has 5 heteroatoms. The van der Waals surface area contributed by atoms with Crippen molar-refractivity contribution in [3.8, 4) is 11.4 Å². The zero-order chi connectivity index (χ0) is 15.0. The lowest BCUT2D eigenvalue weighted by molar-refractivity contribution is 0.970. The summed E-state index contributed by atoms with van der Waals surface area (Å²) in [5.41, 5.74) is 3.29. The molecule has 0 bridgehead atoms. The van der Waals surface area contributed by atoms with E-state index >= 15 is 0 Å². The number of halogens is 1. The Morgan fingerprint density at radius 2 is 2.00 bits per heavy atom. The van der Waals surface area contributed by atoms with Crippen molar-refractivity contribution in [3.63, 3.8) is 0 Å². The summed E-state index contributed by atoms with van der Waals surface area (Å²) in [6.07, 6.45) is 0.694. The van der Waals surface area contributed by atoms with E-state index in [1.54, 1.807) is 0 Å². The van der Waals surface area contributed by atoms with E-state index in [9.17, 15) is 4.79 Å². The quantitative estimate of drug-likeness (QED) is 0.772. The molecule has 0 aliphatic heterocycles. The fraction of sp³-hybridized carbons (Fsp3) is 0.188. The van der Waals surface area contributed by atoms with Gasteiger partial charge in [0, 0.05) is 16.6 Å². The molecule has 21 heavy (non-hydrogen) atoms. The summed E-state index contributed by atoms with van der Waals surface area (Å²) in [6.45, 7) is 3.92. The van der Waals surface area contributed by atoms with Gasteiger partial charge in [0.25, 0.3) is 5.56 Å². The normalized spacial score (nSPS) is 11.0. The van der Waals surface area contributed by atoms with Crippen LogP contribution in [0.2, 0.25) is 0 Å². The second-order valence-electron chi connectivity index (χ2n) is 4.86. The lowest BCUT2D eigenvalue weighted by Crippen LogP contribution is -2.13. The first-order valence-corrected chi connectivity index (χ1v) is 7.55. The Labute approximate surface area is 130 Å². The van der Waals surface area contributed by atoms with Crippen molar-refractivity contribution in [3.05, 3.63) is 56.5 Å². The monoisotopic (exact) mass is 343 g/mol. The first kappa shape index (κ1) is 13.9. The molecule has 0 fully saturated rings. The van der Waals surface area contributed by atoms with Gasteiger partial charge in [-0.25, -0.2) is 4.98 Å². The molecule has 0 atom stereocenters. The van der Waals surface area contributed by atoms with Crippen molar-refractivity contribution in [1.29, 1.82) is 0 Å². The predicted octanol–water partition coefficient (Wildman–Crippen LogP) is 3.62. The molecule has 0 spiro atoms. The Hall–Kier alpha value is -2.01. The minimum atomic E-state index is -0.157. The van der Waals surface area contributed by atoms with Crippen LogP contribution in [0.25, 0.3) is 22.3 Å². The number of pyridine rings is 1. The van der Waals surface area contributed by atoms with Gasteiger partial charge in [-0.2, -0.15) is 0 Å². The number of nitrogens with one attached hydrogen (secondary N) is 1. The molecule has 106 valence electrons. The zero-order valence-corrected chi connectivity index (χ0v) is 13.4. The van der Waals surface area contributed by atoms with E-state index in [4.69, 9.17) is 0 Å². The van der Waals surface area contributed by atoms with Gasteiger partial charge in [-0.1, -0.05) is 25.1 Å². The summed E-state index contributed by atoms with van der Waals surface area (Å²) in [5, 5.41) is 0.982. The number of nitrogens with zero attached hydrogens (tertiary/aromatic N) is 2. The summed E-state index contributed by atoms with van der Waals surface area (Å²) >= 11 is 3.29. The van der Waals surface area contributed by atoms with E-state index in [2.05, 4.69) is 30.9 Å². The minimum absolute atomic E-state index is 0.157. The number of rotatable bonds is 2. The van der Waals surface area contributed by atoms with Crippen LogP contribution < -0.4 is 5.56 Å². The van der Waals surface area contributed by atoms with Crippen molar-refractivity contribution in [2.75, 3.05) is 0 Å². The molecule has 0 aliphatic carbocycles. The molecule has 0 radical (unpaired) electrons. The average molecular weight is 344 g/mol. The van der Waals surface area contributed by atoms with Crippen LogP contribution in [0.5, 0.6) is 0 Å². The van der Waals surface area contributed by atoms with Crippen LogP contribution in [0.15, 0.2) is 39.6 Å². The molecule has 1 aromatic carbocycles. The van der Waals surface area contributed by atoms with Crippen LogP contribution in [0, 0.1) is 6.92 Å². The zero-order valence-electron chi connectivity index (χ0n) is 11.8. The van der Waals surface area contributed by atoms with Gasteiger partial charge in [-0.3, -0.25) is 9.78 Å². The highest BCUT2D eigenvalue weighted by molar-refractivity contribution is 9.10. The fourth-order valence-corrected chi connectivity index (χ4v) is 2.84. The molecular weight excluding hydrogens is 330 g/mol. The maximum atomic E-state index is 12.1. The third-order valence-electron chi connectivity index (χ3n) is 3.37. The number of aromatic amines is 1. The standard InChI is InChI=1S/C16H14BrN3O/c1-3-12-14(17)16(21)20-15(19-12)11-8-9(2)18-13-7-5-4-6-10(11)13/h4-8H,3H2,1-2H3,(H,19,20,21). The summed E-state index contributed by atoms with van der Waals surface area (Å²) in [6, 6.07) is 9.82. The Bertz CT molecular complexity index is 886. The van der Waals surface area contributed by atoms with Gasteiger partial charge in [0.05, 0.1) is 11.2 Å². The highest BCUT2D eigenvalue weighted by Crippen LogP contribution is 2.26. The number of benzene rings is 1. The molecule has 1 N–H and O–H groups in total. The third-order valence-corrected chi connectivity index (χ3v) is 4.18. The summed E-state index contributed by atoms with van der Waals surface area (Å²) < 4.78 is 0.504. The maximum Gasteiger partial charge on any atom is 0.265 e. The van der Waals surface area contributed by atoms with Crippen LogP contribution in [0.1, 0.15) is 18.3 Å². The number of hydrogen-bond donors (Lipinski definition) is 1. The smallest absolute Gasteiger partial charge is 0.265 e. The van der Waals surface area contributed by atoms with Gasteiger partial charge in [0.15, 0.2) is 0 Å². The molecule has 2 aromatic heterocycles. The van der Waals surface area contributed by atoms with E-state index in [0.29, 0.717) is 16.7 Å². The topological polar surface area (TPSA) is 58.6 Å². The number of aromatic nitrogens is 3. The lowest BCUT2D eigenvalue weighted by atomic mass is 10.1. The second kappa shape index (κ2) is 5.41. The van der Waals surface area contributed by atoms with Gasteiger partial charge in [-0.05, 0) is 41.4 Å². The van der Waals surface area contributed by atoms with Crippen LogP contribution in [-0.2, 0) is 6.42 Å². The Morgan fingerprint density at radius 1 is 1.24 bits per heavy atom. The molecule has 0 unspecified atom stereocenters. The van der Waals surface area contributed by atoms with Gasteiger partial charge in [0.1, 0.15) is 10.3 Å². The van der Waals surface area contributed by atoms with Crippen LogP contribution >= 0.6 is 15.9 Å². The van der Waals surface area contributed by atoms with Crippen LogP contribution in [-0.4, -0.2) is 15.0 Å². The first-order valence-electron chi connectivity index (χ1n) is 6.75. The second-order valence-corrected chi connectivity index (χ2v) is 5.65. The summed E-state index contributed by atoms with van der Waals surface area (Å²) in [5.74, 6) is 0.585. The molecule has 2 heterocycles. The summed E-state index contributed by atoms with van der Waals surface area (Å²) in [7, 11) is 0. The Morgan fingerprint density at radius 3 is 2.76 bits per heavy atom. The highest BCUT2D eigenvalue weighted by Gasteiger charge is 2.12. The lowest BCUT2D eigenvalue weighted by Gasteiger charge is -2.09. The molecule has 0 saturated heterocycles. The average Bonchev–Trinajstić information content (AvgIpc) is 2.49. The van der Waals surface area contributed by atoms with Crippen molar-refractivity contribution in [1.82, 2.24) is 15.0 Å². The third kappa shape index (κ3) is 2.49. The van der Waals surface area contributed by atoms with Gasteiger partial charge in [0.2, 0.25) is 0 Å². The SMILES string of the molecule is CCc1nc(-c2cc(C)nc3ccccc23)[nH]c(=O)c1Br. The number of aryl methyl sites for hydroxylation is 2. The molecule has 0 aliphatic rings. The molecule has 0 amide bonds. The fourth-order valence-electron chi connectivity index (χ4n) is 2.37. The van der Waals surface area contributed by atoms with E-state index in [-0.39, 0.29) is 5.56 Å². The van der Waals surface area contributed by atoms with E-state index in [0.717, 1.165) is 27.9 Å². The van der Waals surface area contributed by atoms with Crippen LogP contribution in [0.4, 0.5) is 0 Å². The maximum absolute atomic E-state index is 12.1. The van der Waals surface area contributed by atoms with E-state index in [1.807, 2.05) is 44.2 Å². The predicted molar refractivity (Wildman–Crippen MR) is 87.4 cm³/mol. The van der Waals surface area contributed by atoms with Crippen molar-refractivity contribution < 1.29 is 0 Å². The first-order chi connectivity index (χ1) is 10.1. The van der Waals surface area contributed by atoms with E-state index in [1.165, 1.54) is 0 Å². The minimum Gasteiger partial charge on any atom is -0.306 e. The molecule has 0 saturated carbocycles. The number of fused-ring (bicyclic) bond motifs is 1. The molecule has 3 rings (SSSR count).